The monoisotopic (exact) mass is 318 g/mol. The Kier molecular flexibility index (Phi) is 4.25. The maximum atomic E-state index is 4.58. The van der Waals surface area contributed by atoms with Gasteiger partial charge in [0.15, 0.2) is 5.82 Å². The van der Waals surface area contributed by atoms with Crippen molar-refractivity contribution in [2.75, 3.05) is 19.0 Å². The fraction of sp³-hybridized carbons (Fsp3) is 0.222. The molecule has 3 aromatic rings. The number of aryl methyl sites for hydroxylation is 2. The molecular formula is C18H18N6. The zero-order valence-corrected chi connectivity index (χ0v) is 14.1. The van der Waals surface area contributed by atoms with Crippen molar-refractivity contribution in [1.29, 1.82) is 0 Å². The molecule has 0 aliphatic carbocycles. The van der Waals surface area contributed by atoms with Crippen molar-refractivity contribution in [3.8, 4) is 17.7 Å². The molecule has 0 aliphatic rings. The van der Waals surface area contributed by atoms with Gasteiger partial charge in [-0.3, -0.25) is 14.5 Å². The Bertz CT molecular complexity index is 930. The summed E-state index contributed by atoms with van der Waals surface area (Å²) in [5.74, 6) is 8.53. The fourth-order valence-corrected chi connectivity index (χ4v) is 2.20. The quantitative estimate of drug-likeness (QED) is 0.678. The third-order valence-corrected chi connectivity index (χ3v) is 3.43. The van der Waals surface area contributed by atoms with Crippen molar-refractivity contribution in [2.45, 2.75) is 13.8 Å². The molecule has 0 radical (unpaired) electrons. The zero-order valence-electron chi connectivity index (χ0n) is 14.1. The molecule has 0 saturated carbocycles. The molecule has 0 saturated heterocycles. The minimum absolute atomic E-state index is 0.694. The molecule has 3 heterocycles. The van der Waals surface area contributed by atoms with Gasteiger partial charge < -0.3 is 4.90 Å². The summed E-state index contributed by atoms with van der Waals surface area (Å²) in [5, 5.41) is 0. The number of pyridine rings is 1. The van der Waals surface area contributed by atoms with Crippen LogP contribution < -0.4 is 4.90 Å². The molecule has 3 rings (SSSR count). The van der Waals surface area contributed by atoms with Crippen LogP contribution >= 0.6 is 0 Å². The molecular weight excluding hydrogens is 300 g/mol. The number of nitrogens with zero attached hydrogens (tertiary/aromatic N) is 6. The van der Waals surface area contributed by atoms with E-state index in [1.165, 1.54) is 0 Å². The summed E-state index contributed by atoms with van der Waals surface area (Å²) >= 11 is 0. The predicted molar refractivity (Wildman–Crippen MR) is 93.2 cm³/mol. The molecule has 0 unspecified atom stereocenters. The van der Waals surface area contributed by atoms with Crippen LogP contribution in [0.2, 0.25) is 0 Å². The van der Waals surface area contributed by atoms with E-state index in [1.54, 1.807) is 18.6 Å². The van der Waals surface area contributed by atoms with Crippen LogP contribution in [0, 0.1) is 25.7 Å². The highest BCUT2D eigenvalue weighted by Gasteiger charge is 2.08. The lowest BCUT2D eigenvalue weighted by Gasteiger charge is -2.12. The van der Waals surface area contributed by atoms with Gasteiger partial charge in [-0.1, -0.05) is 5.92 Å². The van der Waals surface area contributed by atoms with Gasteiger partial charge in [0.2, 0.25) is 0 Å². The molecule has 0 N–H and O–H groups in total. The van der Waals surface area contributed by atoms with Gasteiger partial charge in [-0.05, 0) is 31.9 Å². The Labute approximate surface area is 141 Å². The average molecular weight is 318 g/mol. The first-order valence-corrected chi connectivity index (χ1v) is 7.53. The van der Waals surface area contributed by atoms with E-state index < -0.39 is 0 Å². The third-order valence-electron chi connectivity index (χ3n) is 3.43. The number of hydrogen-bond acceptors (Lipinski definition) is 5. The van der Waals surface area contributed by atoms with Gasteiger partial charge in [0.25, 0.3) is 0 Å². The first kappa shape index (κ1) is 15.7. The molecule has 0 aromatic carbocycles. The third kappa shape index (κ3) is 3.41. The van der Waals surface area contributed by atoms with Crippen molar-refractivity contribution in [2.24, 2.45) is 0 Å². The van der Waals surface area contributed by atoms with Crippen LogP contribution in [0.5, 0.6) is 0 Å². The smallest absolute Gasteiger partial charge is 0.159 e. The van der Waals surface area contributed by atoms with Crippen LogP contribution in [-0.2, 0) is 0 Å². The summed E-state index contributed by atoms with van der Waals surface area (Å²) in [4.78, 5) is 19.4. The lowest BCUT2D eigenvalue weighted by atomic mass is 10.2. The Morgan fingerprint density at radius 1 is 1.08 bits per heavy atom. The summed E-state index contributed by atoms with van der Waals surface area (Å²) in [5.41, 5.74) is 2.56. The summed E-state index contributed by atoms with van der Waals surface area (Å²) in [6.07, 6.45) is 7.07. The van der Waals surface area contributed by atoms with Crippen LogP contribution in [0.25, 0.3) is 5.82 Å². The number of aromatic nitrogens is 5. The minimum atomic E-state index is 0.694. The van der Waals surface area contributed by atoms with Gasteiger partial charge >= 0.3 is 0 Å². The standard InChI is InChI=1S/C18H18N6/c1-13-9-15(7-8-20-13)5-6-16-12-24(14(2)21-16)18-11-19-10-17(22-18)23(3)4/h7-12H,1-4H3. The lowest BCUT2D eigenvalue weighted by Crippen LogP contribution is -2.12. The van der Waals surface area contributed by atoms with E-state index in [9.17, 15) is 0 Å². The van der Waals surface area contributed by atoms with Crippen LogP contribution in [0.15, 0.2) is 36.9 Å². The van der Waals surface area contributed by atoms with E-state index in [4.69, 9.17) is 0 Å². The van der Waals surface area contributed by atoms with E-state index in [2.05, 4.69) is 31.8 Å². The van der Waals surface area contributed by atoms with Gasteiger partial charge in [-0.15, -0.1) is 0 Å². The van der Waals surface area contributed by atoms with Gasteiger partial charge in [0.1, 0.15) is 17.3 Å². The molecule has 24 heavy (non-hydrogen) atoms. The van der Waals surface area contributed by atoms with E-state index >= 15 is 0 Å². The molecule has 6 nitrogen and oxygen atoms in total. The Morgan fingerprint density at radius 2 is 1.92 bits per heavy atom. The SMILES string of the molecule is Cc1cc(C#Cc2cn(-c3cncc(N(C)C)n3)c(C)n2)ccn1. The van der Waals surface area contributed by atoms with Crippen LogP contribution in [-0.4, -0.2) is 38.6 Å². The molecule has 0 spiro atoms. The van der Waals surface area contributed by atoms with Gasteiger partial charge in [0.05, 0.1) is 12.4 Å². The molecule has 0 bridgehead atoms. The van der Waals surface area contributed by atoms with Gasteiger partial charge in [-0.2, -0.15) is 0 Å². The molecule has 120 valence electrons. The van der Waals surface area contributed by atoms with Crippen LogP contribution in [0.4, 0.5) is 5.82 Å². The summed E-state index contributed by atoms with van der Waals surface area (Å²) < 4.78 is 1.89. The molecule has 6 heteroatoms. The molecule has 3 aromatic heterocycles. The van der Waals surface area contributed by atoms with Crippen molar-refractivity contribution in [3.05, 3.63) is 59.7 Å². The Balaban J connectivity index is 1.93. The van der Waals surface area contributed by atoms with Gasteiger partial charge in [-0.25, -0.2) is 9.97 Å². The molecule has 0 fully saturated rings. The average Bonchev–Trinajstić information content (AvgIpc) is 2.94. The number of rotatable bonds is 2. The Morgan fingerprint density at radius 3 is 2.67 bits per heavy atom. The lowest BCUT2D eigenvalue weighted by molar-refractivity contribution is 0.905. The predicted octanol–water partition coefficient (Wildman–Crippen LogP) is 2.14. The highest BCUT2D eigenvalue weighted by atomic mass is 15.2. The molecule has 0 amide bonds. The zero-order chi connectivity index (χ0) is 17.1. The van der Waals surface area contributed by atoms with Crippen molar-refractivity contribution < 1.29 is 0 Å². The van der Waals surface area contributed by atoms with Crippen LogP contribution in [0.3, 0.4) is 0 Å². The number of anilines is 1. The van der Waals surface area contributed by atoms with E-state index in [0.29, 0.717) is 5.69 Å². The first-order valence-electron chi connectivity index (χ1n) is 7.53. The molecule has 0 aliphatic heterocycles. The summed E-state index contributed by atoms with van der Waals surface area (Å²) in [7, 11) is 3.87. The minimum Gasteiger partial charge on any atom is -0.361 e. The second-order valence-corrected chi connectivity index (χ2v) is 5.61. The van der Waals surface area contributed by atoms with Crippen molar-refractivity contribution in [3.63, 3.8) is 0 Å². The summed E-state index contributed by atoms with van der Waals surface area (Å²) in [6, 6.07) is 3.83. The fourth-order valence-electron chi connectivity index (χ4n) is 2.20. The van der Waals surface area contributed by atoms with Crippen molar-refractivity contribution in [1.82, 2.24) is 24.5 Å². The van der Waals surface area contributed by atoms with Gasteiger partial charge in [0, 0.05) is 37.7 Å². The number of imidazole rings is 1. The largest absolute Gasteiger partial charge is 0.361 e. The topological polar surface area (TPSA) is 59.7 Å². The highest BCUT2D eigenvalue weighted by molar-refractivity contribution is 5.42. The second kappa shape index (κ2) is 6.50. The normalized spacial score (nSPS) is 10.2. The van der Waals surface area contributed by atoms with E-state index in [-0.39, 0.29) is 0 Å². The number of hydrogen-bond donors (Lipinski definition) is 0. The second-order valence-electron chi connectivity index (χ2n) is 5.61. The van der Waals surface area contributed by atoms with Crippen molar-refractivity contribution >= 4 is 5.82 Å². The Hall–Kier alpha value is -3.20. The first-order chi connectivity index (χ1) is 11.5. The summed E-state index contributed by atoms with van der Waals surface area (Å²) in [6.45, 7) is 3.87. The maximum Gasteiger partial charge on any atom is 0.159 e. The van der Waals surface area contributed by atoms with Crippen LogP contribution in [0.1, 0.15) is 22.8 Å². The highest BCUT2D eigenvalue weighted by Crippen LogP contribution is 2.13. The van der Waals surface area contributed by atoms with E-state index in [1.807, 2.05) is 55.7 Å². The van der Waals surface area contributed by atoms with E-state index in [0.717, 1.165) is 28.7 Å². The molecule has 0 atom stereocenters. The maximum absolute atomic E-state index is 4.58.